The molecule has 6 heteroatoms. The van der Waals surface area contributed by atoms with Crippen molar-refractivity contribution in [3.8, 4) is 0 Å². The summed E-state index contributed by atoms with van der Waals surface area (Å²) in [5, 5.41) is 19.0. The number of amides is 1. The quantitative estimate of drug-likeness (QED) is 0.818. The average molecular weight is 384 g/mol. The fourth-order valence-corrected chi connectivity index (χ4v) is 3.37. The Labute approximate surface area is 144 Å². The van der Waals surface area contributed by atoms with Crippen molar-refractivity contribution in [2.24, 2.45) is 5.92 Å². The minimum atomic E-state index is -1.69. The molecule has 2 N–H and O–H groups in total. The molecule has 1 aliphatic heterocycles. The number of hydrogen-bond donors (Lipinski definition) is 2. The molecule has 1 heterocycles. The van der Waals surface area contributed by atoms with E-state index in [-0.39, 0.29) is 37.8 Å². The Morgan fingerprint density at radius 1 is 1.35 bits per heavy atom. The lowest BCUT2D eigenvalue weighted by Crippen LogP contribution is -2.52. The number of halogens is 1. The summed E-state index contributed by atoms with van der Waals surface area (Å²) in [6.45, 7) is 2.56. The Balaban J connectivity index is 1.99. The first-order chi connectivity index (χ1) is 10.9. The van der Waals surface area contributed by atoms with Crippen LogP contribution in [0, 0.1) is 5.92 Å². The summed E-state index contributed by atoms with van der Waals surface area (Å²) in [7, 11) is 0. The van der Waals surface area contributed by atoms with E-state index < -0.39 is 11.6 Å². The van der Waals surface area contributed by atoms with Crippen LogP contribution in [0.25, 0.3) is 0 Å². The van der Waals surface area contributed by atoms with E-state index in [1.807, 2.05) is 31.2 Å². The lowest BCUT2D eigenvalue weighted by Gasteiger charge is -2.37. The average Bonchev–Trinajstić information content (AvgIpc) is 2.52. The van der Waals surface area contributed by atoms with Gasteiger partial charge in [0.25, 0.3) is 0 Å². The second-order valence-corrected chi connectivity index (χ2v) is 7.02. The third-order valence-electron chi connectivity index (χ3n) is 4.51. The highest BCUT2D eigenvalue weighted by Crippen LogP contribution is 2.25. The van der Waals surface area contributed by atoms with Gasteiger partial charge in [-0.15, -0.1) is 0 Å². The molecule has 23 heavy (non-hydrogen) atoms. The van der Waals surface area contributed by atoms with Crippen molar-refractivity contribution in [3.05, 3.63) is 34.3 Å². The van der Waals surface area contributed by atoms with E-state index in [0.29, 0.717) is 6.42 Å². The SMILES string of the molecule is CC[C@H](Cc1cccc(Br)c1)C(=O)N1CCC(O)(C(=O)O)CC1. The lowest BCUT2D eigenvalue weighted by molar-refractivity contribution is -0.166. The zero-order valence-corrected chi connectivity index (χ0v) is 14.8. The van der Waals surface area contributed by atoms with Crippen LogP contribution in [0.3, 0.4) is 0 Å². The van der Waals surface area contributed by atoms with E-state index in [9.17, 15) is 14.7 Å². The molecule has 1 amide bonds. The monoisotopic (exact) mass is 383 g/mol. The number of aliphatic carboxylic acids is 1. The molecule has 1 saturated heterocycles. The van der Waals surface area contributed by atoms with E-state index in [0.717, 1.165) is 16.5 Å². The number of hydrogen-bond acceptors (Lipinski definition) is 3. The minimum absolute atomic E-state index is 0.0416. The molecule has 0 radical (unpaired) electrons. The molecule has 1 aliphatic rings. The predicted molar refractivity (Wildman–Crippen MR) is 90.0 cm³/mol. The molecular weight excluding hydrogens is 362 g/mol. The summed E-state index contributed by atoms with van der Waals surface area (Å²) >= 11 is 3.43. The molecule has 1 aromatic carbocycles. The standard InChI is InChI=1S/C17H22BrNO4/c1-2-13(10-12-4-3-5-14(18)11-12)15(20)19-8-6-17(23,7-9-19)16(21)22/h3-5,11,13,23H,2,6-10H2,1H3,(H,21,22)/t13-/m1/s1. The van der Waals surface area contributed by atoms with Crippen molar-refractivity contribution in [2.45, 2.75) is 38.2 Å². The fraction of sp³-hybridized carbons (Fsp3) is 0.529. The third kappa shape index (κ3) is 4.32. The third-order valence-corrected chi connectivity index (χ3v) is 5.01. The summed E-state index contributed by atoms with van der Waals surface area (Å²) in [6, 6.07) is 7.91. The summed E-state index contributed by atoms with van der Waals surface area (Å²) in [5.74, 6) is -1.29. The zero-order valence-electron chi connectivity index (χ0n) is 13.2. The number of carboxylic acids is 1. The highest BCUT2D eigenvalue weighted by atomic mass is 79.9. The van der Waals surface area contributed by atoms with Gasteiger partial charge in [0, 0.05) is 36.3 Å². The van der Waals surface area contributed by atoms with Crippen molar-refractivity contribution in [1.82, 2.24) is 4.90 Å². The molecule has 5 nitrogen and oxygen atoms in total. The smallest absolute Gasteiger partial charge is 0.335 e. The van der Waals surface area contributed by atoms with Gasteiger partial charge in [0.15, 0.2) is 5.60 Å². The zero-order chi connectivity index (χ0) is 17.0. The molecule has 0 unspecified atom stereocenters. The number of benzene rings is 1. The molecular formula is C17H22BrNO4. The second kappa shape index (κ2) is 7.45. The van der Waals surface area contributed by atoms with Gasteiger partial charge in [0.05, 0.1) is 0 Å². The number of carbonyl (C=O) groups excluding carboxylic acids is 1. The number of carbonyl (C=O) groups is 2. The Kier molecular flexibility index (Phi) is 5.81. The number of piperidine rings is 1. The van der Waals surface area contributed by atoms with Crippen molar-refractivity contribution < 1.29 is 19.8 Å². The highest BCUT2D eigenvalue weighted by Gasteiger charge is 2.41. The van der Waals surface area contributed by atoms with Gasteiger partial charge in [-0.25, -0.2) is 4.79 Å². The Bertz CT molecular complexity index is 582. The number of likely N-dealkylation sites (tertiary alicyclic amines) is 1. The van der Waals surface area contributed by atoms with Crippen LogP contribution in [0.2, 0.25) is 0 Å². The van der Waals surface area contributed by atoms with Crippen molar-refractivity contribution in [2.75, 3.05) is 13.1 Å². The van der Waals surface area contributed by atoms with Crippen LogP contribution >= 0.6 is 15.9 Å². The molecule has 0 saturated carbocycles. The van der Waals surface area contributed by atoms with E-state index in [4.69, 9.17) is 5.11 Å². The Morgan fingerprint density at radius 2 is 2.00 bits per heavy atom. The molecule has 0 spiro atoms. The van der Waals surface area contributed by atoms with Crippen molar-refractivity contribution in [3.63, 3.8) is 0 Å². The molecule has 1 aromatic rings. The lowest BCUT2D eigenvalue weighted by atomic mass is 9.89. The largest absolute Gasteiger partial charge is 0.479 e. The maximum atomic E-state index is 12.7. The molecule has 1 fully saturated rings. The molecule has 1 atom stereocenters. The van der Waals surface area contributed by atoms with Crippen LogP contribution in [0.15, 0.2) is 28.7 Å². The van der Waals surface area contributed by atoms with Crippen LogP contribution in [-0.2, 0) is 16.0 Å². The molecule has 2 rings (SSSR count). The van der Waals surface area contributed by atoms with E-state index in [2.05, 4.69) is 15.9 Å². The minimum Gasteiger partial charge on any atom is -0.479 e. The first kappa shape index (κ1) is 17.9. The normalized spacial score (nSPS) is 18.5. The van der Waals surface area contributed by atoms with Crippen LogP contribution in [0.4, 0.5) is 0 Å². The first-order valence-corrected chi connectivity index (χ1v) is 8.64. The predicted octanol–water partition coefficient (Wildman–Crippen LogP) is 2.46. The maximum absolute atomic E-state index is 12.7. The van der Waals surface area contributed by atoms with Gasteiger partial charge in [-0.2, -0.15) is 0 Å². The summed E-state index contributed by atoms with van der Waals surface area (Å²) in [5.41, 5.74) is -0.596. The van der Waals surface area contributed by atoms with E-state index in [1.54, 1.807) is 4.90 Å². The molecule has 126 valence electrons. The van der Waals surface area contributed by atoms with Crippen LogP contribution < -0.4 is 0 Å². The number of carboxylic acid groups (broad SMARTS) is 1. The van der Waals surface area contributed by atoms with Gasteiger partial charge in [-0.3, -0.25) is 4.79 Å². The fourth-order valence-electron chi connectivity index (χ4n) is 2.92. The van der Waals surface area contributed by atoms with E-state index in [1.165, 1.54) is 0 Å². The number of rotatable bonds is 5. The first-order valence-electron chi connectivity index (χ1n) is 7.84. The van der Waals surface area contributed by atoms with Gasteiger partial charge in [0.1, 0.15) is 0 Å². The van der Waals surface area contributed by atoms with Gasteiger partial charge in [0.2, 0.25) is 5.91 Å². The number of nitrogens with zero attached hydrogens (tertiary/aromatic N) is 1. The van der Waals surface area contributed by atoms with Crippen LogP contribution in [-0.4, -0.2) is 45.7 Å². The molecule has 0 aliphatic carbocycles. The van der Waals surface area contributed by atoms with Crippen LogP contribution in [0.1, 0.15) is 31.7 Å². The Hall–Kier alpha value is -1.40. The van der Waals surface area contributed by atoms with Gasteiger partial charge in [-0.05, 0) is 30.5 Å². The molecule has 0 aromatic heterocycles. The summed E-state index contributed by atoms with van der Waals surface area (Å²) in [4.78, 5) is 25.4. The summed E-state index contributed by atoms with van der Waals surface area (Å²) in [6.07, 6.45) is 1.56. The van der Waals surface area contributed by atoms with E-state index >= 15 is 0 Å². The maximum Gasteiger partial charge on any atom is 0.335 e. The van der Waals surface area contributed by atoms with Crippen molar-refractivity contribution in [1.29, 1.82) is 0 Å². The second-order valence-electron chi connectivity index (χ2n) is 6.10. The number of aliphatic hydroxyl groups is 1. The Morgan fingerprint density at radius 3 is 2.52 bits per heavy atom. The van der Waals surface area contributed by atoms with Crippen LogP contribution in [0.5, 0.6) is 0 Å². The highest BCUT2D eigenvalue weighted by molar-refractivity contribution is 9.10. The van der Waals surface area contributed by atoms with Gasteiger partial charge < -0.3 is 15.1 Å². The van der Waals surface area contributed by atoms with Gasteiger partial charge in [-0.1, -0.05) is 35.0 Å². The topological polar surface area (TPSA) is 77.8 Å². The van der Waals surface area contributed by atoms with Gasteiger partial charge >= 0.3 is 5.97 Å². The van der Waals surface area contributed by atoms with Crippen molar-refractivity contribution >= 4 is 27.8 Å². The summed E-state index contributed by atoms with van der Waals surface area (Å²) < 4.78 is 0.988. The molecule has 0 bridgehead atoms.